The molecule has 0 radical (unpaired) electrons. The number of benzene rings is 2. The van der Waals surface area contributed by atoms with Crippen molar-refractivity contribution in [1.29, 1.82) is 0 Å². The smallest absolute Gasteiger partial charge is 0.200 e. The number of ether oxygens (including phenoxy) is 1. The molecule has 0 unspecified atom stereocenters. The fourth-order valence-electron chi connectivity index (χ4n) is 3.73. The van der Waals surface area contributed by atoms with E-state index < -0.39 is 0 Å². The summed E-state index contributed by atoms with van der Waals surface area (Å²) in [5.41, 5.74) is 3.42. The predicted octanol–water partition coefficient (Wildman–Crippen LogP) is 6.47. The van der Waals surface area contributed by atoms with Crippen LogP contribution in [0.25, 0.3) is 11.3 Å². The zero-order valence-electron chi connectivity index (χ0n) is 17.5. The first-order valence-corrected chi connectivity index (χ1v) is 12.9. The van der Waals surface area contributed by atoms with E-state index in [2.05, 4.69) is 23.1 Å². The SMILES string of the molecule is CC.O=c1cc(-c2cccc3c2Sc2ccc(SCl)cc2C3)oc(N2CCOCC2)c1. The number of fused-ring (bicyclic) bond motifs is 2. The van der Waals surface area contributed by atoms with Crippen LogP contribution in [0.4, 0.5) is 5.88 Å². The molecule has 0 amide bonds. The molecule has 1 aromatic heterocycles. The molecule has 0 bridgehead atoms. The molecule has 3 heterocycles. The highest BCUT2D eigenvalue weighted by Gasteiger charge is 2.22. The Morgan fingerprint density at radius 3 is 2.61 bits per heavy atom. The Labute approximate surface area is 195 Å². The second-order valence-electron chi connectivity index (χ2n) is 7.01. The van der Waals surface area contributed by atoms with Crippen molar-refractivity contribution in [2.24, 2.45) is 0 Å². The quantitative estimate of drug-likeness (QED) is 0.339. The number of nitrogens with zero attached hydrogens (tertiary/aromatic N) is 1. The number of halogens is 1. The first kappa shape index (κ1) is 22.3. The summed E-state index contributed by atoms with van der Waals surface area (Å²) in [4.78, 5) is 17.9. The van der Waals surface area contributed by atoms with Gasteiger partial charge < -0.3 is 14.1 Å². The van der Waals surface area contributed by atoms with Crippen LogP contribution in [-0.2, 0) is 11.2 Å². The van der Waals surface area contributed by atoms with E-state index in [1.807, 2.05) is 32.0 Å². The van der Waals surface area contributed by atoms with Crippen molar-refractivity contribution < 1.29 is 9.15 Å². The molecule has 2 aliphatic heterocycles. The second-order valence-corrected chi connectivity index (χ2v) is 9.16. The Hall–Kier alpha value is -1.86. The lowest BCUT2D eigenvalue weighted by atomic mass is 10.0. The molecule has 3 aromatic rings. The maximum atomic E-state index is 12.4. The van der Waals surface area contributed by atoms with Gasteiger partial charge in [0.05, 0.1) is 13.2 Å². The summed E-state index contributed by atoms with van der Waals surface area (Å²) in [5, 5.41) is 0. The van der Waals surface area contributed by atoms with Crippen LogP contribution in [-0.4, -0.2) is 26.3 Å². The van der Waals surface area contributed by atoms with Crippen LogP contribution in [0.5, 0.6) is 0 Å². The first-order chi connectivity index (χ1) is 15.2. The largest absolute Gasteiger partial charge is 0.440 e. The van der Waals surface area contributed by atoms with E-state index in [9.17, 15) is 4.79 Å². The van der Waals surface area contributed by atoms with E-state index in [1.54, 1.807) is 23.9 Å². The van der Waals surface area contributed by atoms with E-state index in [0.29, 0.717) is 24.9 Å². The molecule has 0 spiro atoms. The van der Waals surface area contributed by atoms with Gasteiger partial charge in [0.15, 0.2) is 11.3 Å². The molecule has 5 rings (SSSR count). The van der Waals surface area contributed by atoms with Gasteiger partial charge in [-0.2, -0.15) is 0 Å². The molecular weight excluding hydrogens is 450 g/mol. The molecule has 0 saturated carbocycles. The monoisotopic (exact) mass is 473 g/mol. The van der Waals surface area contributed by atoms with E-state index in [0.717, 1.165) is 34.9 Å². The van der Waals surface area contributed by atoms with E-state index in [-0.39, 0.29) is 5.43 Å². The van der Waals surface area contributed by atoms with Gasteiger partial charge in [-0.25, -0.2) is 0 Å². The van der Waals surface area contributed by atoms with Gasteiger partial charge in [-0.15, -0.1) is 0 Å². The Morgan fingerprint density at radius 2 is 1.84 bits per heavy atom. The fraction of sp³-hybridized carbons (Fsp3) is 0.292. The summed E-state index contributed by atoms with van der Waals surface area (Å²) < 4.78 is 11.6. The minimum absolute atomic E-state index is 0.0460. The van der Waals surface area contributed by atoms with E-state index >= 15 is 0 Å². The third-order valence-electron chi connectivity index (χ3n) is 5.15. The zero-order chi connectivity index (χ0) is 21.8. The minimum Gasteiger partial charge on any atom is -0.440 e. The highest BCUT2D eigenvalue weighted by molar-refractivity contribution is 8.21. The van der Waals surface area contributed by atoms with Crippen molar-refractivity contribution in [3.8, 4) is 11.3 Å². The third kappa shape index (κ3) is 4.82. The normalized spacial score (nSPS) is 14.9. The lowest BCUT2D eigenvalue weighted by Crippen LogP contribution is -2.36. The van der Waals surface area contributed by atoms with Gasteiger partial charge in [0.1, 0.15) is 5.76 Å². The molecule has 31 heavy (non-hydrogen) atoms. The van der Waals surface area contributed by atoms with Crippen molar-refractivity contribution in [3.05, 3.63) is 69.9 Å². The molecule has 0 aliphatic carbocycles. The van der Waals surface area contributed by atoms with Gasteiger partial charge in [-0.1, -0.05) is 43.8 Å². The lowest BCUT2D eigenvalue weighted by Gasteiger charge is -2.27. The Balaban J connectivity index is 0.00000112. The molecule has 1 fully saturated rings. The number of hydrogen-bond acceptors (Lipinski definition) is 6. The van der Waals surface area contributed by atoms with Gasteiger partial charge in [-0.05, 0) is 57.4 Å². The Bertz CT molecular complexity index is 1130. The summed E-state index contributed by atoms with van der Waals surface area (Å²) in [6.07, 6.45) is 0.837. The summed E-state index contributed by atoms with van der Waals surface area (Å²) in [6, 6.07) is 15.7. The first-order valence-electron chi connectivity index (χ1n) is 10.4. The van der Waals surface area contributed by atoms with Gasteiger partial charge >= 0.3 is 0 Å². The van der Waals surface area contributed by atoms with Gasteiger partial charge in [-0.3, -0.25) is 4.79 Å². The van der Waals surface area contributed by atoms with E-state index in [4.69, 9.17) is 19.8 Å². The average Bonchev–Trinajstić information content (AvgIpc) is 2.83. The van der Waals surface area contributed by atoms with Crippen molar-refractivity contribution in [1.82, 2.24) is 0 Å². The third-order valence-corrected chi connectivity index (χ3v) is 7.42. The Kier molecular flexibility index (Phi) is 7.33. The number of rotatable bonds is 3. The standard InChI is InChI=1S/C22H18ClNO3S2.C2H6/c23-29-17-4-5-20-15(11-17)10-14-2-1-3-18(22(14)28-20)19-12-16(25)13-21(27-19)24-6-8-26-9-7-24;1-2/h1-5,11-13H,6-10H2;1-2H3. The van der Waals surface area contributed by atoms with Crippen molar-refractivity contribution in [3.63, 3.8) is 0 Å². The fourth-order valence-corrected chi connectivity index (χ4v) is 5.49. The van der Waals surface area contributed by atoms with Crippen LogP contribution in [0.1, 0.15) is 25.0 Å². The second kappa shape index (κ2) is 10.2. The zero-order valence-corrected chi connectivity index (χ0v) is 19.9. The maximum Gasteiger partial charge on any atom is 0.200 e. The molecule has 162 valence electrons. The molecule has 7 heteroatoms. The van der Waals surface area contributed by atoms with Crippen LogP contribution in [0.2, 0.25) is 0 Å². The van der Waals surface area contributed by atoms with Crippen LogP contribution >= 0.6 is 33.4 Å². The van der Waals surface area contributed by atoms with Crippen LogP contribution in [0, 0.1) is 0 Å². The minimum atomic E-state index is -0.0460. The van der Waals surface area contributed by atoms with Gasteiger partial charge in [0, 0.05) is 45.5 Å². The van der Waals surface area contributed by atoms with Crippen molar-refractivity contribution >= 4 is 39.3 Å². The van der Waals surface area contributed by atoms with Crippen LogP contribution in [0.3, 0.4) is 0 Å². The number of hydrogen-bond donors (Lipinski definition) is 0. The highest BCUT2D eigenvalue weighted by Crippen LogP contribution is 2.45. The maximum absolute atomic E-state index is 12.4. The lowest BCUT2D eigenvalue weighted by molar-refractivity contribution is 0.120. The van der Waals surface area contributed by atoms with Gasteiger partial charge in [0.25, 0.3) is 0 Å². The van der Waals surface area contributed by atoms with Crippen LogP contribution < -0.4 is 10.3 Å². The van der Waals surface area contributed by atoms with Gasteiger partial charge in [0.2, 0.25) is 0 Å². The molecule has 0 atom stereocenters. The summed E-state index contributed by atoms with van der Waals surface area (Å²) in [5.74, 6) is 1.22. The molecule has 2 aliphatic rings. The molecule has 0 N–H and O–H groups in total. The molecule has 1 saturated heterocycles. The van der Waals surface area contributed by atoms with E-state index in [1.165, 1.54) is 27.0 Å². The summed E-state index contributed by atoms with van der Waals surface area (Å²) in [7, 11) is 7.16. The predicted molar refractivity (Wildman–Crippen MR) is 130 cm³/mol. The summed E-state index contributed by atoms with van der Waals surface area (Å²) in [6.45, 7) is 6.73. The molecule has 2 aromatic carbocycles. The van der Waals surface area contributed by atoms with Crippen molar-refractivity contribution in [2.75, 3.05) is 31.2 Å². The number of anilines is 1. The topological polar surface area (TPSA) is 42.7 Å². The highest BCUT2D eigenvalue weighted by atomic mass is 35.7. The summed E-state index contributed by atoms with van der Waals surface area (Å²) >= 11 is 1.72. The molecule has 4 nitrogen and oxygen atoms in total. The molecular formula is C24H24ClNO3S2. The van der Waals surface area contributed by atoms with Crippen LogP contribution in [0.15, 0.2) is 72.4 Å². The average molecular weight is 474 g/mol. The van der Waals surface area contributed by atoms with Crippen molar-refractivity contribution in [2.45, 2.75) is 35.0 Å². The Morgan fingerprint density at radius 1 is 1.03 bits per heavy atom. The number of morpholine rings is 1.